The fourth-order valence-corrected chi connectivity index (χ4v) is 1.81. The number of carbonyl (C=O) groups excluding carboxylic acids is 1. The van der Waals surface area contributed by atoms with E-state index in [1.807, 2.05) is 19.4 Å². The first-order valence-electron chi connectivity index (χ1n) is 5.52. The standard InChI is InChI=1S/C11H18BrN3O/c1-15-9-10(8-14-15)5-7-13-11(16)4-2-3-6-12/h8-9H,2-7H2,1H3,(H,13,16). The highest BCUT2D eigenvalue weighted by atomic mass is 79.9. The first kappa shape index (κ1) is 13.2. The first-order valence-corrected chi connectivity index (χ1v) is 6.64. The Morgan fingerprint density at radius 3 is 3.00 bits per heavy atom. The summed E-state index contributed by atoms with van der Waals surface area (Å²) >= 11 is 3.34. The maximum Gasteiger partial charge on any atom is 0.220 e. The fourth-order valence-electron chi connectivity index (χ4n) is 1.42. The van der Waals surface area contributed by atoms with E-state index in [1.54, 1.807) is 4.68 Å². The van der Waals surface area contributed by atoms with Gasteiger partial charge >= 0.3 is 0 Å². The Balaban J connectivity index is 2.08. The second kappa shape index (κ2) is 7.44. The van der Waals surface area contributed by atoms with Gasteiger partial charge in [-0.1, -0.05) is 15.9 Å². The van der Waals surface area contributed by atoms with Gasteiger partial charge in [0.2, 0.25) is 5.91 Å². The molecule has 0 aliphatic heterocycles. The molecule has 4 nitrogen and oxygen atoms in total. The third-order valence-electron chi connectivity index (χ3n) is 2.28. The van der Waals surface area contributed by atoms with Crippen molar-refractivity contribution in [2.75, 3.05) is 11.9 Å². The summed E-state index contributed by atoms with van der Waals surface area (Å²) in [5.74, 6) is 0.143. The van der Waals surface area contributed by atoms with Crippen LogP contribution in [0.15, 0.2) is 12.4 Å². The van der Waals surface area contributed by atoms with Crippen LogP contribution in [0.5, 0.6) is 0 Å². The Labute approximate surface area is 105 Å². The minimum absolute atomic E-state index is 0.143. The van der Waals surface area contributed by atoms with Gasteiger partial charge in [-0.25, -0.2) is 0 Å². The predicted octanol–water partition coefficient (Wildman–Crippen LogP) is 1.64. The van der Waals surface area contributed by atoms with E-state index in [2.05, 4.69) is 26.3 Å². The molecule has 0 saturated carbocycles. The van der Waals surface area contributed by atoms with Gasteiger partial charge in [-0.15, -0.1) is 0 Å². The van der Waals surface area contributed by atoms with Gasteiger partial charge in [0.1, 0.15) is 0 Å². The Kier molecular flexibility index (Phi) is 6.15. The molecule has 1 amide bonds. The van der Waals surface area contributed by atoms with Crippen molar-refractivity contribution in [2.24, 2.45) is 7.05 Å². The predicted molar refractivity (Wildman–Crippen MR) is 67.6 cm³/mol. The molecular formula is C11H18BrN3O. The van der Waals surface area contributed by atoms with Crippen LogP contribution in [0.3, 0.4) is 0 Å². The van der Waals surface area contributed by atoms with E-state index in [0.717, 1.165) is 30.2 Å². The molecule has 0 aliphatic carbocycles. The summed E-state index contributed by atoms with van der Waals surface area (Å²) in [5, 5.41) is 7.95. The van der Waals surface area contributed by atoms with Crippen molar-refractivity contribution in [3.8, 4) is 0 Å². The number of rotatable bonds is 7. The molecule has 1 aromatic heterocycles. The van der Waals surface area contributed by atoms with Gasteiger partial charge in [0.05, 0.1) is 6.20 Å². The summed E-state index contributed by atoms with van der Waals surface area (Å²) in [6.45, 7) is 0.693. The normalized spacial score (nSPS) is 10.4. The average Bonchev–Trinajstić information content (AvgIpc) is 2.65. The largest absolute Gasteiger partial charge is 0.356 e. The summed E-state index contributed by atoms with van der Waals surface area (Å²) in [6.07, 6.45) is 7.27. The fraction of sp³-hybridized carbons (Fsp3) is 0.636. The van der Waals surface area contributed by atoms with E-state index in [-0.39, 0.29) is 5.91 Å². The summed E-state index contributed by atoms with van der Waals surface area (Å²) in [4.78, 5) is 11.4. The molecule has 0 bridgehead atoms. The zero-order chi connectivity index (χ0) is 11.8. The number of nitrogens with one attached hydrogen (secondary N) is 1. The van der Waals surface area contributed by atoms with E-state index < -0.39 is 0 Å². The molecule has 0 fully saturated rings. The van der Waals surface area contributed by atoms with Crippen LogP contribution < -0.4 is 5.32 Å². The molecule has 0 aromatic carbocycles. The zero-order valence-corrected chi connectivity index (χ0v) is 11.2. The molecule has 5 heteroatoms. The van der Waals surface area contributed by atoms with E-state index in [1.165, 1.54) is 0 Å². The monoisotopic (exact) mass is 287 g/mol. The van der Waals surface area contributed by atoms with Crippen molar-refractivity contribution in [3.63, 3.8) is 0 Å². The number of carbonyl (C=O) groups is 1. The lowest BCUT2D eigenvalue weighted by molar-refractivity contribution is -0.121. The lowest BCUT2D eigenvalue weighted by Gasteiger charge is -2.03. The number of hydrogen-bond acceptors (Lipinski definition) is 2. The van der Waals surface area contributed by atoms with Gasteiger partial charge in [0.25, 0.3) is 0 Å². The van der Waals surface area contributed by atoms with Gasteiger partial charge in [-0.2, -0.15) is 5.10 Å². The lowest BCUT2D eigenvalue weighted by atomic mass is 10.2. The summed E-state index contributed by atoms with van der Waals surface area (Å²) in [7, 11) is 1.89. The molecule has 0 radical (unpaired) electrons. The second-order valence-corrected chi connectivity index (χ2v) is 4.56. The van der Waals surface area contributed by atoms with Crippen molar-refractivity contribution in [1.82, 2.24) is 15.1 Å². The minimum Gasteiger partial charge on any atom is -0.356 e. The highest BCUT2D eigenvalue weighted by Gasteiger charge is 2.01. The molecule has 0 spiro atoms. The molecule has 0 atom stereocenters. The third-order valence-corrected chi connectivity index (χ3v) is 2.84. The number of unbranched alkanes of at least 4 members (excludes halogenated alkanes) is 1. The number of halogens is 1. The van der Waals surface area contributed by atoms with E-state index in [9.17, 15) is 4.79 Å². The van der Waals surface area contributed by atoms with Crippen molar-refractivity contribution in [1.29, 1.82) is 0 Å². The smallest absolute Gasteiger partial charge is 0.220 e. The first-order chi connectivity index (χ1) is 7.72. The number of aryl methyl sites for hydroxylation is 1. The molecule has 0 saturated heterocycles. The molecule has 1 aromatic rings. The van der Waals surface area contributed by atoms with Crippen molar-refractivity contribution in [2.45, 2.75) is 25.7 Å². The van der Waals surface area contributed by atoms with Crippen LogP contribution in [0, 0.1) is 0 Å². The van der Waals surface area contributed by atoms with Crippen molar-refractivity contribution < 1.29 is 4.79 Å². The van der Waals surface area contributed by atoms with E-state index >= 15 is 0 Å². The Bertz CT molecular complexity index is 325. The maximum absolute atomic E-state index is 11.4. The molecule has 90 valence electrons. The molecule has 0 aliphatic rings. The molecular weight excluding hydrogens is 270 g/mol. The Morgan fingerprint density at radius 2 is 2.38 bits per heavy atom. The third kappa shape index (κ3) is 5.30. The highest BCUT2D eigenvalue weighted by Crippen LogP contribution is 1.99. The van der Waals surface area contributed by atoms with Gasteiger partial charge < -0.3 is 5.32 Å². The van der Waals surface area contributed by atoms with Crippen LogP contribution in [0.4, 0.5) is 0 Å². The van der Waals surface area contributed by atoms with E-state index in [0.29, 0.717) is 13.0 Å². The quantitative estimate of drug-likeness (QED) is 0.612. The number of hydrogen-bond donors (Lipinski definition) is 1. The van der Waals surface area contributed by atoms with Crippen molar-refractivity contribution >= 4 is 21.8 Å². The van der Waals surface area contributed by atoms with Crippen LogP contribution in [0.2, 0.25) is 0 Å². The average molecular weight is 288 g/mol. The topological polar surface area (TPSA) is 46.9 Å². The van der Waals surface area contributed by atoms with Crippen LogP contribution in [-0.4, -0.2) is 27.6 Å². The number of nitrogens with zero attached hydrogens (tertiary/aromatic N) is 2. The van der Waals surface area contributed by atoms with Crippen LogP contribution in [0.1, 0.15) is 24.8 Å². The lowest BCUT2D eigenvalue weighted by Crippen LogP contribution is -2.25. The molecule has 0 unspecified atom stereocenters. The summed E-state index contributed by atoms with van der Waals surface area (Å²) in [5.41, 5.74) is 1.16. The van der Waals surface area contributed by atoms with E-state index in [4.69, 9.17) is 0 Å². The zero-order valence-electron chi connectivity index (χ0n) is 9.58. The highest BCUT2D eigenvalue weighted by molar-refractivity contribution is 9.09. The van der Waals surface area contributed by atoms with Crippen LogP contribution in [0.25, 0.3) is 0 Å². The van der Waals surface area contributed by atoms with Gasteiger partial charge in [0.15, 0.2) is 0 Å². The number of aromatic nitrogens is 2. The van der Waals surface area contributed by atoms with Gasteiger partial charge in [0, 0.05) is 31.5 Å². The SMILES string of the molecule is Cn1cc(CCNC(=O)CCCCBr)cn1. The second-order valence-electron chi connectivity index (χ2n) is 3.77. The summed E-state index contributed by atoms with van der Waals surface area (Å²) < 4.78 is 1.77. The minimum atomic E-state index is 0.143. The van der Waals surface area contributed by atoms with Crippen LogP contribution >= 0.6 is 15.9 Å². The molecule has 16 heavy (non-hydrogen) atoms. The van der Waals surface area contributed by atoms with Gasteiger partial charge in [-0.05, 0) is 24.8 Å². The molecule has 1 N–H and O–H groups in total. The van der Waals surface area contributed by atoms with Crippen LogP contribution in [-0.2, 0) is 18.3 Å². The van der Waals surface area contributed by atoms with Gasteiger partial charge in [-0.3, -0.25) is 9.48 Å². The number of amides is 1. The molecule has 1 rings (SSSR count). The summed E-state index contributed by atoms with van der Waals surface area (Å²) in [6, 6.07) is 0. The molecule has 1 heterocycles. The Hall–Kier alpha value is -0.840. The maximum atomic E-state index is 11.4. The van der Waals surface area contributed by atoms with Crippen molar-refractivity contribution in [3.05, 3.63) is 18.0 Å². The Morgan fingerprint density at radius 1 is 1.56 bits per heavy atom. The number of alkyl halides is 1.